The van der Waals surface area contributed by atoms with E-state index in [9.17, 15) is 0 Å². The maximum absolute atomic E-state index is 5.62. The predicted octanol–water partition coefficient (Wildman–Crippen LogP) is 2.83. The number of nitrogens with zero attached hydrogens (tertiary/aromatic N) is 1. The van der Waals surface area contributed by atoms with E-state index in [1.807, 2.05) is 18.3 Å². The van der Waals surface area contributed by atoms with Crippen molar-refractivity contribution in [2.75, 3.05) is 11.9 Å². The molecule has 1 N–H and O–H groups in total. The Morgan fingerprint density at radius 2 is 2.27 bits per heavy atom. The monoisotopic (exact) mass is 208 g/mol. The van der Waals surface area contributed by atoms with Gasteiger partial charge in [0, 0.05) is 18.4 Å². The van der Waals surface area contributed by atoms with Gasteiger partial charge < -0.3 is 10.1 Å². The van der Waals surface area contributed by atoms with Gasteiger partial charge in [0.25, 0.3) is 0 Å². The number of rotatable bonds is 6. The minimum absolute atomic E-state index is 0.301. The van der Waals surface area contributed by atoms with Crippen molar-refractivity contribution in [3.63, 3.8) is 0 Å². The lowest BCUT2D eigenvalue weighted by molar-refractivity contribution is 0.0489. The zero-order valence-electron chi connectivity index (χ0n) is 9.79. The molecule has 0 bridgehead atoms. The molecule has 0 fully saturated rings. The fraction of sp³-hybridized carbons (Fsp3) is 0.583. The molecule has 0 spiro atoms. The summed E-state index contributed by atoms with van der Waals surface area (Å²) in [6.07, 6.45) is 3.15. The molecule has 0 amide bonds. The second-order valence-corrected chi connectivity index (χ2v) is 3.60. The molecule has 0 aromatic carbocycles. The molecule has 0 saturated carbocycles. The summed E-state index contributed by atoms with van der Waals surface area (Å²) in [6.45, 7) is 7.79. The number of hydrogen-bond donors (Lipinski definition) is 1. The van der Waals surface area contributed by atoms with Gasteiger partial charge in [-0.15, -0.1) is 0 Å². The highest BCUT2D eigenvalue weighted by molar-refractivity contribution is 5.42. The number of nitrogens with one attached hydrogen (secondary N) is 1. The van der Waals surface area contributed by atoms with Crippen LogP contribution in [0.2, 0.25) is 0 Å². The van der Waals surface area contributed by atoms with E-state index < -0.39 is 0 Å². The van der Waals surface area contributed by atoms with Gasteiger partial charge in [-0.05, 0) is 32.4 Å². The van der Waals surface area contributed by atoms with E-state index in [-0.39, 0.29) is 0 Å². The maximum Gasteiger partial charge on any atom is 0.0892 e. The molecule has 0 aliphatic carbocycles. The SMILES string of the molecule is CCNc1ccnc(COC(C)CC)c1. The predicted molar refractivity (Wildman–Crippen MR) is 62.9 cm³/mol. The molecule has 1 heterocycles. The van der Waals surface area contributed by atoms with Crippen molar-refractivity contribution in [1.82, 2.24) is 4.98 Å². The summed E-state index contributed by atoms with van der Waals surface area (Å²) in [7, 11) is 0. The Hall–Kier alpha value is -1.09. The van der Waals surface area contributed by atoms with Gasteiger partial charge in [-0.25, -0.2) is 0 Å². The minimum atomic E-state index is 0.301. The van der Waals surface area contributed by atoms with E-state index in [4.69, 9.17) is 4.74 Å². The maximum atomic E-state index is 5.62. The van der Waals surface area contributed by atoms with Gasteiger partial charge in [-0.2, -0.15) is 0 Å². The molecule has 0 saturated heterocycles. The summed E-state index contributed by atoms with van der Waals surface area (Å²) in [4.78, 5) is 4.26. The number of anilines is 1. The second-order valence-electron chi connectivity index (χ2n) is 3.60. The quantitative estimate of drug-likeness (QED) is 0.780. The van der Waals surface area contributed by atoms with Gasteiger partial charge in [0.2, 0.25) is 0 Å². The first kappa shape index (κ1) is 12.0. The number of pyridine rings is 1. The van der Waals surface area contributed by atoms with Gasteiger partial charge in [-0.1, -0.05) is 6.92 Å². The standard InChI is InChI=1S/C12H20N2O/c1-4-10(3)15-9-12-8-11(13-5-2)6-7-14-12/h6-8,10H,4-5,9H2,1-3H3,(H,13,14). The van der Waals surface area contributed by atoms with Crippen LogP contribution in [-0.2, 0) is 11.3 Å². The third-order valence-corrected chi connectivity index (χ3v) is 2.29. The first-order chi connectivity index (χ1) is 7.26. The Bertz CT molecular complexity index is 289. The smallest absolute Gasteiger partial charge is 0.0892 e. The van der Waals surface area contributed by atoms with E-state index in [0.717, 1.165) is 24.3 Å². The largest absolute Gasteiger partial charge is 0.385 e. The summed E-state index contributed by atoms with van der Waals surface area (Å²) in [5.41, 5.74) is 2.09. The van der Waals surface area contributed by atoms with Crippen molar-refractivity contribution in [1.29, 1.82) is 0 Å². The van der Waals surface area contributed by atoms with Crippen LogP contribution >= 0.6 is 0 Å². The van der Waals surface area contributed by atoms with Crippen molar-refractivity contribution in [3.05, 3.63) is 24.0 Å². The van der Waals surface area contributed by atoms with Crippen molar-refractivity contribution >= 4 is 5.69 Å². The van der Waals surface area contributed by atoms with E-state index in [1.165, 1.54) is 0 Å². The summed E-state index contributed by atoms with van der Waals surface area (Å²) in [6, 6.07) is 4.00. The first-order valence-electron chi connectivity index (χ1n) is 5.56. The Morgan fingerprint density at radius 1 is 1.47 bits per heavy atom. The molecule has 0 radical (unpaired) electrons. The lowest BCUT2D eigenvalue weighted by atomic mass is 10.3. The van der Waals surface area contributed by atoms with Gasteiger partial charge >= 0.3 is 0 Å². The molecule has 84 valence electrons. The van der Waals surface area contributed by atoms with Gasteiger partial charge in [-0.3, -0.25) is 4.98 Å². The molecule has 3 heteroatoms. The fourth-order valence-corrected chi connectivity index (χ4v) is 1.22. The summed E-state index contributed by atoms with van der Waals surface area (Å²) in [5, 5.41) is 3.25. The molecular weight excluding hydrogens is 188 g/mol. The Kier molecular flexibility index (Phi) is 5.12. The van der Waals surface area contributed by atoms with Crippen molar-refractivity contribution in [2.45, 2.75) is 39.9 Å². The molecule has 0 aliphatic rings. The molecule has 1 unspecified atom stereocenters. The highest BCUT2D eigenvalue weighted by Crippen LogP contribution is 2.09. The van der Waals surface area contributed by atoms with Crippen LogP contribution in [0.3, 0.4) is 0 Å². The lowest BCUT2D eigenvalue weighted by Gasteiger charge is -2.10. The Morgan fingerprint density at radius 3 is 2.93 bits per heavy atom. The van der Waals surface area contributed by atoms with Crippen molar-refractivity contribution in [2.24, 2.45) is 0 Å². The van der Waals surface area contributed by atoms with Crippen LogP contribution in [0.15, 0.2) is 18.3 Å². The first-order valence-corrected chi connectivity index (χ1v) is 5.56. The van der Waals surface area contributed by atoms with Crippen LogP contribution in [-0.4, -0.2) is 17.6 Å². The van der Waals surface area contributed by atoms with Gasteiger partial charge in [0.1, 0.15) is 0 Å². The van der Waals surface area contributed by atoms with E-state index in [0.29, 0.717) is 12.7 Å². The van der Waals surface area contributed by atoms with Crippen LogP contribution in [0, 0.1) is 0 Å². The summed E-state index contributed by atoms with van der Waals surface area (Å²) in [5.74, 6) is 0. The number of ether oxygens (including phenoxy) is 1. The molecule has 1 atom stereocenters. The average Bonchev–Trinajstić information content (AvgIpc) is 2.27. The number of hydrogen-bond acceptors (Lipinski definition) is 3. The minimum Gasteiger partial charge on any atom is -0.385 e. The van der Waals surface area contributed by atoms with E-state index >= 15 is 0 Å². The highest BCUT2D eigenvalue weighted by atomic mass is 16.5. The van der Waals surface area contributed by atoms with Crippen LogP contribution in [0.4, 0.5) is 5.69 Å². The lowest BCUT2D eigenvalue weighted by Crippen LogP contribution is -2.07. The van der Waals surface area contributed by atoms with E-state index in [2.05, 4.69) is 31.1 Å². The Balaban J connectivity index is 2.50. The van der Waals surface area contributed by atoms with Gasteiger partial charge in [0.15, 0.2) is 0 Å². The van der Waals surface area contributed by atoms with Crippen LogP contribution in [0.5, 0.6) is 0 Å². The second kappa shape index (κ2) is 6.40. The molecule has 15 heavy (non-hydrogen) atoms. The summed E-state index contributed by atoms with van der Waals surface area (Å²) >= 11 is 0. The van der Waals surface area contributed by atoms with Crippen molar-refractivity contribution in [3.8, 4) is 0 Å². The molecule has 1 rings (SSSR count). The number of aromatic nitrogens is 1. The van der Waals surface area contributed by atoms with Crippen LogP contribution in [0.1, 0.15) is 32.9 Å². The fourth-order valence-electron chi connectivity index (χ4n) is 1.22. The summed E-state index contributed by atoms with van der Waals surface area (Å²) < 4.78 is 5.62. The topological polar surface area (TPSA) is 34.2 Å². The normalized spacial score (nSPS) is 12.5. The van der Waals surface area contributed by atoms with Gasteiger partial charge in [0.05, 0.1) is 18.4 Å². The highest BCUT2D eigenvalue weighted by Gasteiger charge is 2.01. The Labute approximate surface area is 91.9 Å². The zero-order valence-corrected chi connectivity index (χ0v) is 9.79. The average molecular weight is 208 g/mol. The van der Waals surface area contributed by atoms with Crippen LogP contribution in [0.25, 0.3) is 0 Å². The van der Waals surface area contributed by atoms with Crippen LogP contribution < -0.4 is 5.32 Å². The molecule has 1 aromatic rings. The third-order valence-electron chi connectivity index (χ3n) is 2.29. The molecule has 0 aliphatic heterocycles. The van der Waals surface area contributed by atoms with E-state index in [1.54, 1.807) is 0 Å². The zero-order chi connectivity index (χ0) is 11.1. The molecular formula is C12H20N2O. The van der Waals surface area contributed by atoms with Crippen molar-refractivity contribution < 1.29 is 4.74 Å². The third kappa shape index (κ3) is 4.30. The molecule has 3 nitrogen and oxygen atoms in total. The molecule has 1 aromatic heterocycles.